The Morgan fingerprint density at radius 3 is 2.75 bits per heavy atom. The number of hydrogen-bond donors (Lipinski definition) is 1. The lowest BCUT2D eigenvalue weighted by Crippen LogP contribution is -2.26. The number of esters is 1. The average Bonchev–Trinajstić information content (AvgIpc) is 2.64. The van der Waals surface area contributed by atoms with Gasteiger partial charge in [-0.1, -0.05) is 36.8 Å². The predicted molar refractivity (Wildman–Crippen MR) is 98.7 cm³/mol. The molecule has 1 aromatic carbocycles. The van der Waals surface area contributed by atoms with Crippen LogP contribution in [0.5, 0.6) is 0 Å². The summed E-state index contributed by atoms with van der Waals surface area (Å²) in [6, 6.07) is 14.4. The Balaban J connectivity index is 0.000000249. The van der Waals surface area contributed by atoms with Gasteiger partial charge in [-0.3, -0.25) is 4.79 Å². The minimum atomic E-state index is -0.182. The van der Waals surface area contributed by atoms with E-state index in [1.54, 1.807) is 6.20 Å². The lowest BCUT2D eigenvalue weighted by molar-refractivity contribution is -0.139. The highest BCUT2D eigenvalue weighted by Crippen LogP contribution is 2.23. The van der Waals surface area contributed by atoms with Crippen LogP contribution in [0.25, 0.3) is 0 Å². The van der Waals surface area contributed by atoms with Crippen LogP contribution in [0.2, 0.25) is 0 Å². The molecule has 3 rings (SSSR count). The van der Waals surface area contributed by atoms with Crippen LogP contribution in [-0.4, -0.2) is 24.6 Å². The maximum absolute atomic E-state index is 11.2. The van der Waals surface area contributed by atoms with Gasteiger partial charge in [-0.05, 0) is 58.6 Å². The van der Waals surface area contributed by atoms with E-state index in [0.717, 1.165) is 16.7 Å². The third-order valence-corrected chi connectivity index (χ3v) is 4.34. The molecule has 0 spiro atoms. The second-order valence-corrected chi connectivity index (χ2v) is 6.47. The topological polar surface area (TPSA) is 51.2 Å². The first kappa shape index (κ1) is 18.6. The smallest absolute Gasteiger partial charge is 0.309 e. The van der Waals surface area contributed by atoms with Gasteiger partial charge in [0.2, 0.25) is 0 Å². The van der Waals surface area contributed by atoms with Crippen molar-refractivity contribution in [3.63, 3.8) is 0 Å². The number of aromatic nitrogens is 1. The van der Waals surface area contributed by atoms with Crippen molar-refractivity contribution in [2.45, 2.75) is 31.7 Å². The zero-order valence-corrected chi connectivity index (χ0v) is 15.5. The number of carbonyl (C=O) groups is 1. The van der Waals surface area contributed by atoms with Crippen molar-refractivity contribution in [3.8, 4) is 0 Å². The fourth-order valence-electron chi connectivity index (χ4n) is 2.64. The molecule has 1 aromatic heterocycles. The Kier molecular flexibility index (Phi) is 7.92. The normalized spacial score (nSPS) is 16.7. The zero-order chi connectivity index (χ0) is 17.2. The number of nitrogens with zero attached hydrogens (tertiary/aromatic N) is 1. The molecule has 128 valence electrons. The monoisotopic (exact) mass is 390 g/mol. The Morgan fingerprint density at radius 1 is 1.29 bits per heavy atom. The summed E-state index contributed by atoms with van der Waals surface area (Å²) < 4.78 is 5.57. The van der Waals surface area contributed by atoms with E-state index in [1.807, 2.05) is 30.3 Å². The molecule has 0 aliphatic carbocycles. The maximum Gasteiger partial charge on any atom is 0.309 e. The number of methoxy groups -OCH3 is 1. The quantitative estimate of drug-likeness (QED) is 0.633. The Morgan fingerprint density at radius 2 is 2.17 bits per heavy atom. The average molecular weight is 391 g/mol. The van der Waals surface area contributed by atoms with Gasteiger partial charge >= 0.3 is 5.97 Å². The molecule has 5 heteroatoms. The van der Waals surface area contributed by atoms with E-state index < -0.39 is 0 Å². The summed E-state index contributed by atoms with van der Waals surface area (Å²) >= 11 is 3.20. The van der Waals surface area contributed by atoms with Crippen LogP contribution >= 0.6 is 15.9 Å². The number of hydrogen-bond acceptors (Lipinski definition) is 4. The van der Waals surface area contributed by atoms with Crippen molar-refractivity contribution in [3.05, 3.63) is 64.4 Å². The molecule has 1 unspecified atom stereocenters. The lowest BCUT2D eigenvalue weighted by Gasteiger charge is -2.24. The van der Waals surface area contributed by atoms with Crippen LogP contribution in [0.4, 0.5) is 0 Å². The lowest BCUT2D eigenvalue weighted by atomic mass is 9.96. The summed E-state index contributed by atoms with van der Waals surface area (Å²) in [4.78, 5) is 15.1. The number of rotatable bonds is 3. The number of halogens is 1. The number of pyridine rings is 1. The predicted octanol–water partition coefficient (Wildman–Crippen LogP) is 4.06. The molecule has 1 fully saturated rings. The fraction of sp³-hybridized carbons (Fsp3) is 0.368. The van der Waals surface area contributed by atoms with Crippen molar-refractivity contribution >= 4 is 21.9 Å². The van der Waals surface area contributed by atoms with Crippen molar-refractivity contribution in [1.29, 1.82) is 0 Å². The third-order valence-electron chi connectivity index (χ3n) is 3.87. The Hall–Kier alpha value is -1.72. The highest BCUT2D eigenvalue weighted by Gasteiger charge is 2.15. The molecule has 0 saturated carbocycles. The number of nitrogens with one attached hydrogen (secondary N) is 1. The van der Waals surface area contributed by atoms with Gasteiger partial charge in [0, 0.05) is 12.2 Å². The summed E-state index contributed by atoms with van der Waals surface area (Å²) in [5.74, 6) is -0.182. The minimum Gasteiger partial charge on any atom is -0.469 e. The van der Waals surface area contributed by atoms with Gasteiger partial charge < -0.3 is 10.1 Å². The van der Waals surface area contributed by atoms with E-state index in [0.29, 0.717) is 12.5 Å². The van der Waals surface area contributed by atoms with E-state index in [1.165, 1.54) is 31.9 Å². The van der Waals surface area contributed by atoms with E-state index in [4.69, 9.17) is 0 Å². The first-order valence-electron chi connectivity index (χ1n) is 8.14. The number of ether oxygens (including phenoxy) is 1. The molecular weight excluding hydrogens is 368 g/mol. The largest absolute Gasteiger partial charge is 0.469 e. The summed E-state index contributed by atoms with van der Waals surface area (Å²) in [6.45, 7) is 1.09. The van der Waals surface area contributed by atoms with Crippen molar-refractivity contribution < 1.29 is 9.53 Å². The molecule has 1 N–H and O–H groups in total. The van der Waals surface area contributed by atoms with E-state index in [-0.39, 0.29) is 5.97 Å². The van der Waals surface area contributed by atoms with Crippen molar-refractivity contribution in [2.24, 2.45) is 0 Å². The van der Waals surface area contributed by atoms with Gasteiger partial charge in [-0.2, -0.15) is 0 Å². The number of piperidine rings is 1. The molecule has 1 aliphatic rings. The number of benzene rings is 1. The maximum atomic E-state index is 11.2. The molecule has 2 aromatic rings. The second kappa shape index (κ2) is 10.2. The van der Waals surface area contributed by atoms with Crippen LogP contribution in [-0.2, 0) is 16.0 Å². The first-order valence-corrected chi connectivity index (χ1v) is 8.94. The SMILES string of the molecule is Brc1ccccn1.COC(=O)Cc1cccc(C2CCCCN2)c1. The van der Waals surface area contributed by atoms with E-state index >= 15 is 0 Å². The number of carbonyl (C=O) groups excluding carboxylic acids is 1. The molecule has 0 bridgehead atoms. The highest BCUT2D eigenvalue weighted by molar-refractivity contribution is 9.10. The van der Waals surface area contributed by atoms with Gasteiger partial charge in [0.05, 0.1) is 13.5 Å². The molecule has 4 nitrogen and oxygen atoms in total. The standard InChI is InChI=1S/C14H19NO2.C5H4BrN/c1-17-14(16)10-11-5-4-6-12(9-11)13-7-2-3-8-15-13;6-5-3-1-2-4-7-5/h4-6,9,13,15H,2-3,7-8,10H2,1H3;1-4H. The highest BCUT2D eigenvalue weighted by atomic mass is 79.9. The van der Waals surface area contributed by atoms with Gasteiger partial charge in [0.25, 0.3) is 0 Å². The molecule has 2 heterocycles. The van der Waals surface area contributed by atoms with Crippen LogP contribution < -0.4 is 5.32 Å². The van der Waals surface area contributed by atoms with Crippen LogP contribution in [0.3, 0.4) is 0 Å². The Bertz CT molecular complexity index is 628. The molecule has 0 amide bonds. The summed E-state index contributed by atoms with van der Waals surface area (Å²) in [7, 11) is 1.43. The minimum absolute atomic E-state index is 0.182. The molecule has 1 aliphatic heterocycles. The van der Waals surface area contributed by atoms with Crippen LogP contribution in [0, 0.1) is 0 Å². The fourth-order valence-corrected chi connectivity index (χ4v) is 2.91. The first-order chi connectivity index (χ1) is 11.7. The Labute approximate surface area is 151 Å². The van der Waals surface area contributed by atoms with Crippen molar-refractivity contribution in [1.82, 2.24) is 10.3 Å². The van der Waals surface area contributed by atoms with Gasteiger partial charge in [0.15, 0.2) is 0 Å². The molecule has 1 saturated heterocycles. The molecule has 1 atom stereocenters. The van der Waals surface area contributed by atoms with Gasteiger partial charge in [0.1, 0.15) is 4.60 Å². The van der Waals surface area contributed by atoms with Crippen LogP contribution in [0.1, 0.15) is 36.4 Å². The second-order valence-electron chi connectivity index (χ2n) is 5.65. The third kappa shape index (κ3) is 6.42. The van der Waals surface area contributed by atoms with Crippen molar-refractivity contribution in [2.75, 3.05) is 13.7 Å². The van der Waals surface area contributed by atoms with Gasteiger partial charge in [-0.25, -0.2) is 4.98 Å². The van der Waals surface area contributed by atoms with Crippen LogP contribution in [0.15, 0.2) is 53.3 Å². The molecule has 24 heavy (non-hydrogen) atoms. The summed E-state index contributed by atoms with van der Waals surface area (Å²) in [5.41, 5.74) is 2.31. The van der Waals surface area contributed by atoms with E-state index in [9.17, 15) is 4.79 Å². The molecular formula is C19H23BrN2O2. The summed E-state index contributed by atoms with van der Waals surface area (Å²) in [6.07, 6.45) is 5.82. The van der Waals surface area contributed by atoms with Gasteiger partial charge in [-0.15, -0.1) is 0 Å². The zero-order valence-electron chi connectivity index (χ0n) is 13.9. The summed E-state index contributed by atoms with van der Waals surface area (Å²) in [5, 5.41) is 3.51. The molecule has 0 radical (unpaired) electrons. The van der Waals surface area contributed by atoms with E-state index in [2.05, 4.69) is 43.1 Å².